The van der Waals surface area contributed by atoms with E-state index in [1.165, 1.54) is 0 Å². The number of rotatable bonds is 3. The largest absolute Gasteiger partial charge is 0.331 e. The van der Waals surface area contributed by atoms with Crippen LogP contribution in [0.25, 0.3) is 10.9 Å². The minimum Gasteiger partial charge on any atom is -0.325 e. The van der Waals surface area contributed by atoms with Crippen LogP contribution in [0.1, 0.15) is 23.9 Å². The zero-order valence-corrected chi connectivity index (χ0v) is 15.3. The van der Waals surface area contributed by atoms with Crippen molar-refractivity contribution in [1.29, 1.82) is 0 Å². The van der Waals surface area contributed by atoms with Crippen LogP contribution in [0, 0.1) is 12.7 Å². The van der Waals surface area contributed by atoms with Crippen LogP contribution in [-0.4, -0.2) is 22.3 Å². The molecule has 0 spiro atoms. The van der Waals surface area contributed by atoms with Crippen LogP contribution in [0.3, 0.4) is 0 Å². The number of benzene rings is 2. The molecule has 0 saturated heterocycles. The molecule has 0 radical (unpaired) electrons. The van der Waals surface area contributed by atoms with Crippen molar-refractivity contribution in [3.8, 4) is 0 Å². The van der Waals surface area contributed by atoms with Crippen LogP contribution in [0.15, 0.2) is 59.1 Å². The first kappa shape index (κ1) is 18.2. The van der Waals surface area contributed by atoms with Crippen molar-refractivity contribution in [1.82, 2.24) is 9.97 Å². The van der Waals surface area contributed by atoms with E-state index in [9.17, 15) is 4.39 Å². The highest BCUT2D eigenvalue weighted by molar-refractivity contribution is 6.08. The third kappa shape index (κ3) is 3.35. The maximum atomic E-state index is 15.1. The van der Waals surface area contributed by atoms with Crippen molar-refractivity contribution in [2.24, 2.45) is 4.99 Å². The van der Waals surface area contributed by atoms with Crippen molar-refractivity contribution in [3.05, 3.63) is 76.9 Å². The summed E-state index contributed by atoms with van der Waals surface area (Å²) >= 11 is 0. The summed E-state index contributed by atoms with van der Waals surface area (Å²) < 4.78 is 43.3. The molecule has 28 heavy (non-hydrogen) atoms. The summed E-state index contributed by atoms with van der Waals surface area (Å²) in [5.41, 5.74) is 1.98. The predicted molar refractivity (Wildman–Crippen MR) is 103 cm³/mol. The van der Waals surface area contributed by atoms with Crippen LogP contribution >= 0.6 is 0 Å². The first-order valence-corrected chi connectivity index (χ1v) is 8.74. The van der Waals surface area contributed by atoms with E-state index >= 15 is 8.78 Å². The fourth-order valence-corrected chi connectivity index (χ4v) is 3.00. The summed E-state index contributed by atoms with van der Waals surface area (Å²) in [6.07, 6.45) is 1.85. The molecule has 0 amide bonds. The Hall–Kier alpha value is -3.22. The Morgan fingerprint density at radius 1 is 1.00 bits per heavy atom. The van der Waals surface area contributed by atoms with E-state index < -0.39 is 17.6 Å². The van der Waals surface area contributed by atoms with Gasteiger partial charge in [0.2, 0.25) is 5.82 Å². The number of hydrogen-bond donors (Lipinski definition) is 1. The summed E-state index contributed by atoms with van der Waals surface area (Å²) in [6, 6.07) is 9.46. The predicted octanol–water partition coefficient (Wildman–Crippen LogP) is 4.99. The second kappa shape index (κ2) is 6.74. The first-order chi connectivity index (χ1) is 13.3. The third-order valence-corrected chi connectivity index (χ3v) is 4.47. The average molecular weight is 382 g/mol. The number of anilines is 1. The fourth-order valence-electron chi connectivity index (χ4n) is 3.00. The lowest BCUT2D eigenvalue weighted by atomic mass is 10.1. The lowest BCUT2D eigenvalue weighted by Gasteiger charge is -2.18. The van der Waals surface area contributed by atoms with Gasteiger partial charge in [-0.2, -0.15) is 8.78 Å². The highest BCUT2D eigenvalue weighted by Gasteiger charge is 2.38. The molecule has 0 bridgehead atoms. The maximum Gasteiger partial charge on any atom is 0.331 e. The number of aromatic nitrogens is 2. The highest BCUT2D eigenvalue weighted by atomic mass is 19.3. The zero-order chi connectivity index (χ0) is 19.9. The number of nitrogens with zero attached hydrogens (tertiary/aromatic N) is 3. The first-order valence-electron chi connectivity index (χ1n) is 8.74. The molecule has 0 aliphatic carbocycles. The monoisotopic (exact) mass is 382 g/mol. The average Bonchev–Trinajstić information content (AvgIpc) is 3.06. The minimum atomic E-state index is -3.48. The van der Waals surface area contributed by atoms with E-state index in [2.05, 4.69) is 20.3 Å². The Bertz CT molecular complexity index is 1120. The van der Waals surface area contributed by atoms with E-state index in [1.807, 2.05) is 26.0 Å². The summed E-state index contributed by atoms with van der Waals surface area (Å²) in [5, 5.41) is 3.65. The number of fused-ring (bicyclic) bond motifs is 1. The smallest absolute Gasteiger partial charge is 0.325 e. The molecule has 142 valence electrons. The normalized spacial score (nSPS) is 14.2. The van der Waals surface area contributed by atoms with Crippen LogP contribution in [0.2, 0.25) is 0 Å². The summed E-state index contributed by atoms with van der Waals surface area (Å²) in [7, 11) is 0. The number of alkyl halides is 2. The molecule has 7 heteroatoms. The molecule has 4 rings (SSSR count). The molecule has 4 nitrogen and oxygen atoms in total. The van der Waals surface area contributed by atoms with Gasteiger partial charge in [-0.3, -0.25) is 4.99 Å². The van der Waals surface area contributed by atoms with Crippen molar-refractivity contribution in [3.63, 3.8) is 0 Å². The molecule has 3 aromatic rings. The number of amidine groups is 1. The van der Waals surface area contributed by atoms with Gasteiger partial charge in [0.15, 0.2) is 0 Å². The molecule has 1 N–H and O–H groups in total. The lowest BCUT2D eigenvalue weighted by molar-refractivity contribution is 0.0333. The van der Waals surface area contributed by atoms with Crippen LogP contribution in [-0.2, 0) is 5.92 Å². The fraction of sp³-hybridized carbons (Fsp3) is 0.190. The number of aryl methyl sites for hydroxylation is 1. The minimum absolute atomic E-state index is 0.256. The molecule has 0 fully saturated rings. The van der Waals surface area contributed by atoms with Gasteiger partial charge in [0.05, 0.1) is 12.1 Å². The molecular formula is C21H17F3N4. The van der Waals surface area contributed by atoms with Gasteiger partial charge >= 0.3 is 5.92 Å². The molecule has 0 saturated carbocycles. The Balaban J connectivity index is 1.85. The van der Waals surface area contributed by atoms with Gasteiger partial charge in [0.25, 0.3) is 0 Å². The van der Waals surface area contributed by atoms with Gasteiger partial charge in [-0.25, -0.2) is 14.4 Å². The van der Waals surface area contributed by atoms with E-state index in [0.29, 0.717) is 23.3 Å². The summed E-state index contributed by atoms with van der Waals surface area (Å²) in [5.74, 6) is -3.90. The highest BCUT2D eigenvalue weighted by Crippen LogP contribution is 2.35. The summed E-state index contributed by atoms with van der Waals surface area (Å²) in [6.45, 7) is 4.36. The van der Waals surface area contributed by atoms with E-state index in [-0.39, 0.29) is 11.4 Å². The van der Waals surface area contributed by atoms with Crippen LogP contribution in [0.5, 0.6) is 0 Å². The second-order valence-corrected chi connectivity index (χ2v) is 6.81. The Morgan fingerprint density at radius 2 is 1.75 bits per heavy atom. The maximum absolute atomic E-state index is 15.1. The lowest BCUT2D eigenvalue weighted by Crippen LogP contribution is -2.21. The van der Waals surface area contributed by atoms with Gasteiger partial charge in [-0.1, -0.05) is 6.07 Å². The van der Waals surface area contributed by atoms with Crippen LogP contribution in [0.4, 0.5) is 19.0 Å². The molecule has 0 atom stereocenters. The van der Waals surface area contributed by atoms with Crippen molar-refractivity contribution >= 4 is 22.6 Å². The van der Waals surface area contributed by atoms with Gasteiger partial charge in [0.1, 0.15) is 17.5 Å². The SMILES string of the molecule is CC1=CC(Nc2nc(C(F)(F)c3ccc(F)cc3)nc3cc(C)ccc23)=NC1. The summed E-state index contributed by atoms with van der Waals surface area (Å²) in [4.78, 5) is 12.5. The topological polar surface area (TPSA) is 50.2 Å². The van der Waals surface area contributed by atoms with E-state index in [4.69, 9.17) is 0 Å². The van der Waals surface area contributed by atoms with Crippen molar-refractivity contribution in [2.75, 3.05) is 11.9 Å². The molecule has 2 heterocycles. The molecule has 2 aromatic carbocycles. The quantitative estimate of drug-likeness (QED) is 0.694. The Labute approximate surface area is 159 Å². The van der Waals surface area contributed by atoms with Gasteiger partial charge in [0, 0.05) is 10.9 Å². The zero-order valence-electron chi connectivity index (χ0n) is 15.3. The number of hydrogen-bond acceptors (Lipinski definition) is 4. The molecule has 1 aliphatic rings. The van der Waals surface area contributed by atoms with Crippen molar-refractivity contribution < 1.29 is 13.2 Å². The standard InChI is InChI=1S/C21H17F3N4/c1-12-3-8-16-17(9-12)26-20(21(23,24)14-4-6-15(22)7-5-14)28-19(16)27-18-10-13(2)11-25-18/h3-10H,11H2,1-2H3,(H,25,26,27,28). The Kier molecular flexibility index (Phi) is 4.37. The number of halogens is 3. The van der Waals surface area contributed by atoms with Gasteiger partial charge in [-0.05, 0) is 67.5 Å². The second-order valence-electron chi connectivity index (χ2n) is 6.81. The molecular weight excluding hydrogens is 365 g/mol. The van der Waals surface area contributed by atoms with E-state index in [1.54, 1.807) is 12.1 Å². The Morgan fingerprint density at radius 3 is 2.43 bits per heavy atom. The molecule has 1 aromatic heterocycles. The van der Waals surface area contributed by atoms with Gasteiger partial charge in [-0.15, -0.1) is 0 Å². The van der Waals surface area contributed by atoms with Crippen molar-refractivity contribution in [2.45, 2.75) is 19.8 Å². The molecule has 1 aliphatic heterocycles. The number of aliphatic imine (C=N–C) groups is 1. The number of nitrogens with one attached hydrogen (secondary N) is 1. The van der Waals surface area contributed by atoms with E-state index in [0.717, 1.165) is 35.4 Å². The molecule has 0 unspecified atom stereocenters. The van der Waals surface area contributed by atoms with Crippen LogP contribution < -0.4 is 5.32 Å². The van der Waals surface area contributed by atoms with Gasteiger partial charge < -0.3 is 5.32 Å². The third-order valence-electron chi connectivity index (χ3n) is 4.47.